The molecule has 3 amide bonds. The second-order valence-electron chi connectivity index (χ2n) is 8.27. The second kappa shape index (κ2) is 12.0. The zero-order valence-electron chi connectivity index (χ0n) is 20.2. The number of rotatable bonds is 11. The van der Waals surface area contributed by atoms with Crippen LogP contribution in [-0.2, 0) is 25.7 Å². The van der Waals surface area contributed by atoms with E-state index in [-0.39, 0.29) is 30.7 Å². The van der Waals surface area contributed by atoms with Gasteiger partial charge in [0.05, 0.1) is 30.2 Å². The van der Waals surface area contributed by atoms with Crippen LogP contribution in [0, 0.1) is 0 Å². The minimum absolute atomic E-state index is 0.100. The molecule has 0 aliphatic carbocycles. The molecule has 0 unspecified atom stereocenters. The van der Waals surface area contributed by atoms with Gasteiger partial charge in [0.1, 0.15) is 17.6 Å². The Morgan fingerprint density at radius 3 is 2.81 bits per heavy atom. The van der Waals surface area contributed by atoms with Crippen LogP contribution in [0.25, 0.3) is 0 Å². The Balaban J connectivity index is 1.49. The van der Waals surface area contributed by atoms with Crippen LogP contribution >= 0.6 is 11.8 Å². The molecule has 2 aliphatic rings. The Labute approximate surface area is 213 Å². The van der Waals surface area contributed by atoms with Crippen molar-refractivity contribution in [3.63, 3.8) is 0 Å². The van der Waals surface area contributed by atoms with E-state index in [0.29, 0.717) is 54.0 Å². The standard InChI is InChI=1S/C25H29N5O5S/c1-3-20(23(32)26-11-7-12-34-2)36-25-29-18-10-5-4-9-17(18)22-28-19(24(33)30(22)25)14-21(31)27-15-16-8-6-13-35-16/h4-6,8-10,13,19-20H,3,7,11-12,14-15H2,1-2H3,(H,26,32)(H,27,31)/t19-,20-/m0/s1. The number of furan rings is 1. The molecule has 10 nitrogen and oxygen atoms in total. The van der Waals surface area contributed by atoms with Gasteiger partial charge in [0.15, 0.2) is 5.17 Å². The molecule has 2 aliphatic heterocycles. The van der Waals surface area contributed by atoms with Crippen molar-refractivity contribution in [3.8, 4) is 0 Å². The number of carbonyl (C=O) groups is 3. The maximum atomic E-state index is 13.4. The Kier molecular flexibility index (Phi) is 8.55. The summed E-state index contributed by atoms with van der Waals surface area (Å²) >= 11 is 1.23. The van der Waals surface area contributed by atoms with Crippen LogP contribution in [0.15, 0.2) is 57.1 Å². The number of carbonyl (C=O) groups excluding carboxylic acids is 3. The Morgan fingerprint density at radius 1 is 1.22 bits per heavy atom. The first-order valence-corrected chi connectivity index (χ1v) is 12.7. The van der Waals surface area contributed by atoms with E-state index in [1.807, 2.05) is 31.2 Å². The molecule has 1 aromatic carbocycles. The van der Waals surface area contributed by atoms with Gasteiger partial charge in [-0.3, -0.25) is 19.4 Å². The highest BCUT2D eigenvalue weighted by Crippen LogP contribution is 2.35. The Bertz CT molecular complexity index is 1160. The minimum atomic E-state index is -0.878. The van der Waals surface area contributed by atoms with Crippen LogP contribution in [0.2, 0.25) is 0 Å². The van der Waals surface area contributed by atoms with Crippen molar-refractivity contribution < 1.29 is 23.5 Å². The minimum Gasteiger partial charge on any atom is -0.467 e. The summed E-state index contributed by atoms with van der Waals surface area (Å²) in [6, 6.07) is 10.0. The quantitative estimate of drug-likeness (QED) is 0.447. The van der Waals surface area contributed by atoms with Crippen molar-refractivity contribution in [1.29, 1.82) is 0 Å². The number of hydrogen-bond acceptors (Lipinski definition) is 8. The summed E-state index contributed by atoms with van der Waals surface area (Å²) in [5.74, 6) is 0.298. The Hall–Kier alpha value is -3.44. The van der Waals surface area contributed by atoms with E-state index in [4.69, 9.17) is 14.1 Å². The summed E-state index contributed by atoms with van der Waals surface area (Å²) in [6.07, 6.45) is 2.69. The number of nitrogens with one attached hydrogen (secondary N) is 2. The molecule has 2 aromatic rings. The third-order valence-electron chi connectivity index (χ3n) is 5.70. The highest BCUT2D eigenvalue weighted by molar-refractivity contribution is 8.15. The monoisotopic (exact) mass is 511 g/mol. The molecule has 1 aromatic heterocycles. The summed E-state index contributed by atoms with van der Waals surface area (Å²) in [5.41, 5.74) is 1.38. The van der Waals surface area contributed by atoms with Gasteiger partial charge in [-0.25, -0.2) is 9.89 Å². The molecule has 2 N–H and O–H groups in total. The van der Waals surface area contributed by atoms with Crippen molar-refractivity contribution in [1.82, 2.24) is 15.5 Å². The number of hydrogen-bond donors (Lipinski definition) is 2. The molecule has 190 valence electrons. The summed E-state index contributed by atoms with van der Waals surface area (Å²) in [5, 5.41) is 5.62. The molecular formula is C25H29N5O5S. The number of methoxy groups -OCH3 is 1. The van der Waals surface area contributed by atoms with E-state index in [0.717, 1.165) is 0 Å². The van der Waals surface area contributed by atoms with Crippen LogP contribution in [-0.4, -0.2) is 65.2 Å². The normalized spacial score (nSPS) is 17.1. The molecule has 0 radical (unpaired) electrons. The fourth-order valence-electron chi connectivity index (χ4n) is 3.85. The van der Waals surface area contributed by atoms with E-state index < -0.39 is 11.3 Å². The number of ether oxygens (including phenoxy) is 1. The van der Waals surface area contributed by atoms with Crippen molar-refractivity contribution in [3.05, 3.63) is 54.0 Å². The molecule has 11 heteroatoms. The van der Waals surface area contributed by atoms with Crippen molar-refractivity contribution in [2.24, 2.45) is 9.98 Å². The summed E-state index contributed by atoms with van der Waals surface area (Å²) < 4.78 is 10.3. The van der Waals surface area contributed by atoms with E-state index in [9.17, 15) is 14.4 Å². The van der Waals surface area contributed by atoms with Gasteiger partial charge in [0, 0.05) is 25.8 Å². The molecule has 0 fully saturated rings. The van der Waals surface area contributed by atoms with Crippen molar-refractivity contribution in [2.45, 2.75) is 44.0 Å². The molecular weight excluding hydrogens is 482 g/mol. The maximum absolute atomic E-state index is 13.4. The average Bonchev–Trinajstić information content (AvgIpc) is 3.52. The summed E-state index contributed by atoms with van der Waals surface area (Å²) in [7, 11) is 1.62. The van der Waals surface area contributed by atoms with Crippen LogP contribution < -0.4 is 10.6 Å². The van der Waals surface area contributed by atoms with Gasteiger partial charge in [-0.1, -0.05) is 30.8 Å². The number of thioether (sulfide) groups is 1. The molecule has 36 heavy (non-hydrogen) atoms. The van der Waals surface area contributed by atoms with Crippen LogP contribution in [0.5, 0.6) is 0 Å². The maximum Gasteiger partial charge on any atom is 0.259 e. The lowest BCUT2D eigenvalue weighted by Crippen LogP contribution is -2.44. The predicted octanol–water partition coefficient (Wildman–Crippen LogP) is 2.61. The fourth-order valence-corrected chi connectivity index (χ4v) is 4.90. The zero-order valence-corrected chi connectivity index (χ0v) is 21.0. The molecule has 3 heterocycles. The molecule has 4 rings (SSSR count). The molecule has 0 saturated heterocycles. The topological polar surface area (TPSA) is 126 Å². The van der Waals surface area contributed by atoms with E-state index in [2.05, 4.69) is 15.6 Å². The van der Waals surface area contributed by atoms with Gasteiger partial charge in [-0.15, -0.1) is 0 Å². The number of amidine groups is 2. The van der Waals surface area contributed by atoms with Crippen LogP contribution in [0.1, 0.15) is 37.5 Å². The smallest absolute Gasteiger partial charge is 0.259 e. The SMILES string of the molecule is CC[C@H](SC1=Nc2ccccc2C2=N[C@@H](CC(=O)NCc3ccco3)C(=O)N12)C(=O)NCCCOC. The number of fused-ring (bicyclic) bond motifs is 3. The lowest BCUT2D eigenvalue weighted by molar-refractivity contribution is -0.128. The van der Waals surface area contributed by atoms with Gasteiger partial charge in [0.25, 0.3) is 5.91 Å². The highest BCUT2D eigenvalue weighted by Gasteiger charge is 2.43. The fraction of sp³-hybridized carbons (Fsp3) is 0.400. The number of para-hydroxylation sites is 1. The van der Waals surface area contributed by atoms with Gasteiger partial charge in [0.2, 0.25) is 11.8 Å². The van der Waals surface area contributed by atoms with E-state index in [1.165, 1.54) is 22.9 Å². The molecule has 2 atom stereocenters. The van der Waals surface area contributed by atoms with Gasteiger partial charge in [-0.2, -0.15) is 0 Å². The predicted molar refractivity (Wildman–Crippen MR) is 137 cm³/mol. The Morgan fingerprint density at radius 2 is 2.06 bits per heavy atom. The lowest BCUT2D eigenvalue weighted by atomic mass is 10.1. The summed E-state index contributed by atoms with van der Waals surface area (Å²) in [6.45, 7) is 3.21. The van der Waals surface area contributed by atoms with Crippen molar-refractivity contribution >= 4 is 46.2 Å². The highest BCUT2D eigenvalue weighted by atomic mass is 32.2. The number of benzene rings is 1. The first kappa shape index (κ1) is 25.6. The zero-order chi connectivity index (χ0) is 25.5. The third kappa shape index (κ3) is 5.85. The number of aliphatic imine (C=N–C) groups is 2. The van der Waals surface area contributed by atoms with Gasteiger partial charge in [-0.05, 0) is 37.1 Å². The summed E-state index contributed by atoms with van der Waals surface area (Å²) in [4.78, 5) is 49.5. The first-order chi connectivity index (χ1) is 17.5. The van der Waals surface area contributed by atoms with Crippen molar-refractivity contribution in [2.75, 3.05) is 20.3 Å². The van der Waals surface area contributed by atoms with Gasteiger partial charge < -0.3 is 19.8 Å². The first-order valence-electron chi connectivity index (χ1n) is 11.8. The van der Waals surface area contributed by atoms with Crippen LogP contribution in [0.4, 0.5) is 5.69 Å². The van der Waals surface area contributed by atoms with Gasteiger partial charge >= 0.3 is 0 Å². The number of amides is 3. The second-order valence-corrected chi connectivity index (χ2v) is 9.44. The third-order valence-corrected chi connectivity index (χ3v) is 7.02. The molecule has 0 spiro atoms. The van der Waals surface area contributed by atoms with E-state index in [1.54, 1.807) is 19.2 Å². The molecule has 0 bridgehead atoms. The largest absolute Gasteiger partial charge is 0.467 e. The molecule has 0 saturated carbocycles. The van der Waals surface area contributed by atoms with Crippen LogP contribution in [0.3, 0.4) is 0 Å². The van der Waals surface area contributed by atoms with E-state index >= 15 is 0 Å². The average molecular weight is 512 g/mol. The number of nitrogens with zero attached hydrogens (tertiary/aromatic N) is 3. The lowest BCUT2D eigenvalue weighted by Gasteiger charge is -2.27.